The number of carbonyl (C=O) groups is 1. The van der Waals surface area contributed by atoms with Gasteiger partial charge >= 0.3 is 0 Å². The van der Waals surface area contributed by atoms with Gasteiger partial charge in [-0.05, 0) is 54.2 Å². The fourth-order valence-electron chi connectivity index (χ4n) is 3.87. The van der Waals surface area contributed by atoms with Crippen LogP contribution in [0, 0.1) is 5.92 Å². The average Bonchev–Trinajstić information content (AvgIpc) is 3.12. The van der Waals surface area contributed by atoms with Crippen LogP contribution in [-0.2, 0) is 4.79 Å². The van der Waals surface area contributed by atoms with Crippen LogP contribution in [0.3, 0.4) is 0 Å². The molecular weight excluding hydrogens is 370 g/mol. The van der Waals surface area contributed by atoms with E-state index in [4.69, 9.17) is 4.42 Å². The van der Waals surface area contributed by atoms with Crippen LogP contribution in [0.25, 0.3) is 16.2 Å². The zero-order chi connectivity index (χ0) is 19.1. The van der Waals surface area contributed by atoms with Crippen molar-refractivity contribution in [1.29, 1.82) is 0 Å². The molecule has 0 bridgehead atoms. The minimum absolute atomic E-state index is 0.0422. The van der Waals surface area contributed by atoms with Crippen LogP contribution in [0.1, 0.15) is 30.8 Å². The van der Waals surface area contributed by atoms with Crippen molar-refractivity contribution in [3.63, 3.8) is 0 Å². The third kappa shape index (κ3) is 3.33. The molecule has 2 unspecified atom stereocenters. The molecule has 2 fully saturated rings. The number of fused-ring (bicyclic) bond motifs is 1. The lowest BCUT2D eigenvalue weighted by Crippen LogP contribution is -2.48. The minimum atomic E-state index is 0.0422. The Balaban J connectivity index is 1.19. The molecule has 1 saturated heterocycles. The van der Waals surface area contributed by atoms with Crippen molar-refractivity contribution >= 4 is 39.4 Å². The second kappa shape index (κ2) is 7.09. The number of hydrogen-bond acceptors (Lipinski definition) is 5. The number of rotatable bonds is 4. The Morgan fingerprint density at radius 3 is 2.75 bits per heavy atom. The molecule has 2 aromatic heterocycles. The van der Waals surface area contributed by atoms with E-state index < -0.39 is 0 Å². The highest BCUT2D eigenvalue weighted by atomic mass is 32.1. The van der Waals surface area contributed by atoms with Crippen molar-refractivity contribution < 1.29 is 9.21 Å². The first-order valence-electron chi connectivity index (χ1n) is 9.85. The highest BCUT2D eigenvalue weighted by molar-refractivity contribution is 7.13. The van der Waals surface area contributed by atoms with E-state index >= 15 is 0 Å². The number of carbonyl (C=O) groups excluding carboxylic acids is 1. The highest BCUT2D eigenvalue weighted by Crippen LogP contribution is 2.47. The largest absolute Gasteiger partial charge is 0.461 e. The van der Waals surface area contributed by atoms with E-state index in [0.29, 0.717) is 19.0 Å². The lowest BCUT2D eigenvalue weighted by Gasteiger charge is -2.34. The first-order valence-corrected chi connectivity index (χ1v) is 10.6. The van der Waals surface area contributed by atoms with Crippen LogP contribution in [-0.4, -0.2) is 41.4 Å². The van der Waals surface area contributed by atoms with E-state index in [1.807, 2.05) is 23.1 Å². The Labute approximate surface area is 168 Å². The molecular formula is C22H23N3O2S. The molecule has 144 valence electrons. The molecule has 3 heterocycles. The summed E-state index contributed by atoms with van der Waals surface area (Å²) >= 11 is 1.54. The molecule has 2 atom stereocenters. The molecule has 1 amide bonds. The van der Waals surface area contributed by atoms with Crippen molar-refractivity contribution in [2.24, 2.45) is 5.92 Å². The summed E-state index contributed by atoms with van der Waals surface area (Å²) in [5, 5.41) is 1.20. The lowest BCUT2D eigenvalue weighted by atomic mass is 10.2. The SMILES string of the molecule is CC1CC1c1ccc(C=CC(=O)N2CCN(c3nsc4ccccc34)CC2)o1. The van der Waals surface area contributed by atoms with Crippen LogP contribution in [0.2, 0.25) is 0 Å². The number of furan rings is 1. The van der Waals surface area contributed by atoms with Gasteiger partial charge in [-0.1, -0.05) is 19.1 Å². The maximum absolute atomic E-state index is 12.5. The van der Waals surface area contributed by atoms with E-state index in [9.17, 15) is 4.79 Å². The van der Waals surface area contributed by atoms with Crippen molar-refractivity contribution in [3.8, 4) is 0 Å². The van der Waals surface area contributed by atoms with Gasteiger partial charge in [-0.2, -0.15) is 4.37 Å². The van der Waals surface area contributed by atoms with E-state index in [1.54, 1.807) is 12.2 Å². The number of piperazine rings is 1. The number of anilines is 1. The summed E-state index contributed by atoms with van der Waals surface area (Å²) in [4.78, 5) is 16.7. The summed E-state index contributed by atoms with van der Waals surface area (Å²) in [5.41, 5.74) is 0. The molecule has 28 heavy (non-hydrogen) atoms. The van der Waals surface area contributed by atoms with Gasteiger partial charge < -0.3 is 14.2 Å². The number of nitrogens with zero attached hydrogens (tertiary/aromatic N) is 3. The Morgan fingerprint density at radius 1 is 1.18 bits per heavy atom. The summed E-state index contributed by atoms with van der Waals surface area (Å²) in [6, 6.07) is 12.3. The van der Waals surface area contributed by atoms with Crippen molar-refractivity contribution in [2.75, 3.05) is 31.1 Å². The second-order valence-corrected chi connectivity index (χ2v) is 8.51. The Kier molecular flexibility index (Phi) is 4.43. The standard InChI is InChI=1S/C22H23N3O2S/c1-15-14-18(15)19-8-6-16(27-19)7-9-21(26)24-10-12-25(13-11-24)22-17-4-2-3-5-20(17)28-23-22/h2-9,15,18H,10-14H2,1H3. The molecule has 0 N–H and O–H groups in total. The van der Waals surface area contributed by atoms with E-state index in [0.717, 1.165) is 36.3 Å². The van der Waals surface area contributed by atoms with Gasteiger partial charge in [-0.3, -0.25) is 4.79 Å². The Morgan fingerprint density at radius 2 is 1.96 bits per heavy atom. The number of hydrogen-bond donors (Lipinski definition) is 0. The van der Waals surface area contributed by atoms with E-state index in [-0.39, 0.29) is 5.91 Å². The predicted molar refractivity (Wildman–Crippen MR) is 113 cm³/mol. The van der Waals surface area contributed by atoms with Crippen molar-refractivity contribution in [2.45, 2.75) is 19.3 Å². The molecule has 0 radical (unpaired) electrons. The molecule has 5 rings (SSSR count). The molecule has 6 heteroatoms. The molecule has 1 aliphatic carbocycles. The summed E-state index contributed by atoms with van der Waals surface area (Å²) < 4.78 is 11.7. The van der Waals surface area contributed by atoms with Crippen LogP contribution in [0.15, 0.2) is 46.9 Å². The maximum Gasteiger partial charge on any atom is 0.246 e. The second-order valence-electron chi connectivity index (χ2n) is 7.71. The van der Waals surface area contributed by atoms with Gasteiger partial charge in [0.2, 0.25) is 5.91 Å². The molecule has 1 aromatic carbocycles. The summed E-state index contributed by atoms with van der Waals surface area (Å²) in [6.07, 6.45) is 4.63. The summed E-state index contributed by atoms with van der Waals surface area (Å²) in [5.74, 6) is 4.17. The first kappa shape index (κ1) is 17.5. The van der Waals surface area contributed by atoms with Crippen LogP contribution in [0.5, 0.6) is 0 Å². The molecule has 2 aliphatic rings. The third-order valence-electron chi connectivity index (χ3n) is 5.76. The summed E-state index contributed by atoms with van der Waals surface area (Å²) in [6.45, 7) is 5.26. The maximum atomic E-state index is 12.5. The Bertz CT molecular complexity index is 1030. The van der Waals surface area contributed by atoms with Gasteiger partial charge in [-0.25, -0.2) is 0 Å². The van der Waals surface area contributed by atoms with Crippen LogP contribution in [0.4, 0.5) is 5.82 Å². The molecule has 5 nitrogen and oxygen atoms in total. The average molecular weight is 394 g/mol. The smallest absolute Gasteiger partial charge is 0.246 e. The van der Waals surface area contributed by atoms with E-state index in [1.165, 1.54) is 28.0 Å². The molecule has 1 aliphatic heterocycles. The van der Waals surface area contributed by atoms with E-state index in [2.05, 4.69) is 34.4 Å². The lowest BCUT2D eigenvalue weighted by molar-refractivity contribution is -0.126. The Hall–Kier alpha value is -2.60. The number of benzene rings is 1. The zero-order valence-electron chi connectivity index (χ0n) is 15.9. The third-order valence-corrected chi connectivity index (χ3v) is 6.58. The zero-order valence-corrected chi connectivity index (χ0v) is 16.7. The van der Waals surface area contributed by atoms with Crippen LogP contribution >= 0.6 is 11.5 Å². The quantitative estimate of drug-likeness (QED) is 0.618. The highest BCUT2D eigenvalue weighted by Gasteiger charge is 2.36. The molecule has 1 saturated carbocycles. The first-order chi connectivity index (χ1) is 13.7. The number of amides is 1. The number of aromatic nitrogens is 1. The normalized spacial score (nSPS) is 22.3. The predicted octanol–water partition coefficient (Wildman–Crippen LogP) is 4.37. The van der Waals surface area contributed by atoms with Crippen LogP contribution < -0.4 is 4.90 Å². The molecule has 3 aromatic rings. The molecule has 0 spiro atoms. The minimum Gasteiger partial charge on any atom is -0.461 e. The fourth-order valence-corrected chi connectivity index (χ4v) is 4.67. The van der Waals surface area contributed by atoms with Gasteiger partial charge in [0, 0.05) is 43.6 Å². The fraction of sp³-hybridized carbons (Fsp3) is 0.364. The van der Waals surface area contributed by atoms with Crippen molar-refractivity contribution in [3.05, 3.63) is 54.0 Å². The van der Waals surface area contributed by atoms with Crippen molar-refractivity contribution in [1.82, 2.24) is 9.27 Å². The topological polar surface area (TPSA) is 49.6 Å². The van der Waals surface area contributed by atoms with Gasteiger partial charge in [0.1, 0.15) is 17.3 Å². The van der Waals surface area contributed by atoms with Gasteiger partial charge in [0.15, 0.2) is 0 Å². The monoisotopic (exact) mass is 393 g/mol. The van der Waals surface area contributed by atoms with Gasteiger partial charge in [-0.15, -0.1) is 0 Å². The van der Waals surface area contributed by atoms with Gasteiger partial charge in [0.05, 0.1) is 4.70 Å². The van der Waals surface area contributed by atoms with Gasteiger partial charge in [0.25, 0.3) is 0 Å². The summed E-state index contributed by atoms with van der Waals surface area (Å²) in [7, 11) is 0.